The summed E-state index contributed by atoms with van der Waals surface area (Å²) in [6.07, 6.45) is 0. The Morgan fingerprint density at radius 1 is 1.44 bits per heavy atom. The minimum atomic E-state index is -1.30. The van der Waals surface area contributed by atoms with Gasteiger partial charge in [0.1, 0.15) is 16.4 Å². The molecule has 5 nitrogen and oxygen atoms in total. The van der Waals surface area contributed by atoms with Crippen LogP contribution in [0.25, 0.3) is 0 Å². The van der Waals surface area contributed by atoms with E-state index in [0.717, 1.165) is 0 Å². The van der Waals surface area contributed by atoms with Gasteiger partial charge in [0.05, 0.1) is 0 Å². The van der Waals surface area contributed by atoms with Gasteiger partial charge in [-0.2, -0.15) is 0 Å². The Kier molecular flexibility index (Phi) is 4.29. The number of aromatic nitrogens is 1. The Bertz CT molecular complexity index is 474. The number of likely N-dealkylation sites (N-methyl/N-ethyl adjacent to an activating group) is 1. The fourth-order valence-electron chi connectivity index (χ4n) is 1.57. The van der Waals surface area contributed by atoms with Crippen molar-refractivity contribution in [1.82, 2.24) is 9.88 Å². The fraction of sp³-hybridized carbons (Fsp3) is 0.417. The van der Waals surface area contributed by atoms with E-state index in [9.17, 15) is 9.59 Å². The van der Waals surface area contributed by atoms with Crippen LogP contribution >= 0.6 is 11.6 Å². The van der Waals surface area contributed by atoms with Crippen LogP contribution in [0.15, 0.2) is 18.2 Å². The number of halogens is 1. The van der Waals surface area contributed by atoms with Crippen LogP contribution in [0.4, 0.5) is 0 Å². The first kappa shape index (κ1) is 14.4. The molecule has 98 valence electrons. The summed E-state index contributed by atoms with van der Waals surface area (Å²) in [5.74, 6) is -1.52. The lowest BCUT2D eigenvalue weighted by Crippen LogP contribution is -2.53. The molecule has 0 saturated heterocycles. The largest absolute Gasteiger partial charge is 0.480 e. The first-order valence-electron chi connectivity index (χ1n) is 5.48. The molecular formula is C12H15ClN2O3. The molecule has 0 spiro atoms. The van der Waals surface area contributed by atoms with E-state index in [4.69, 9.17) is 16.7 Å². The van der Waals surface area contributed by atoms with Crippen molar-refractivity contribution in [2.45, 2.75) is 26.3 Å². The molecule has 0 aliphatic rings. The molecule has 0 fully saturated rings. The zero-order valence-corrected chi connectivity index (χ0v) is 11.2. The number of carbonyl (C=O) groups is 2. The number of pyridine rings is 1. The lowest BCUT2D eigenvalue weighted by Gasteiger charge is -2.33. The molecule has 0 aliphatic heterocycles. The topological polar surface area (TPSA) is 70.5 Å². The lowest BCUT2D eigenvalue weighted by atomic mass is 10.0. The third-order valence-corrected chi connectivity index (χ3v) is 2.90. The number of carboxylic acid groups (broad SMARTS) is 1. The number of hydrogen-bond donors (Lipinski definition) is 1. The third-order valence-electron chi connectivity index (χ3n) is 2.69. The molecule has 1 aromatic rings. The van der Waals surface area contributed by atoms with Gasteiger partial charge in [-0.1, -0.05) is 17.7 Å². The maximum atomic E-state index is 12.2. The lowest BCUT2D eigenvalue weighted by molar-refractivity contribution is -0.147. The van der Waals surface area contributed by atoms with Gasteiger partial charge in [-0.05, 0) is 32.9 Å². The highest BCUT2D eigenvalue weighted by Crippen LogP contribution is 2.18. The number of nitrogens with zero attached hydrogens (tertiary/aromatic N) is 2. The molecule has 0 radical (unpaired) electrons. The second kappa shape index (κ2) is 5.35. The predicted octanol–water partition coefficient (Wildman–Crippen LogP) is 2.06. The Morgan fingerprint density at radius 2 is 2.06 bits per heavy atom. The molecule has 6 heteroatoms. The molecule has 0 aliphatic carbocycles. The number of amides is 1. The maximum absolute atomic E-state index is 12.2. The summed E-state index contributed by atoms with van der Waals surface area (Å²) in [5.41, 5.74) is -1.16. The summed E-state index contributed by atoms with van der Waals surface area (Å²) in [5, 5.41) is 9.35. The van der Waals surface area contributed by atoms with Gasteiger partial charge >= 0.3 is 5.97 Å². The average Bonchev–Trinajstić information content (AvgIpc) is 2.29. The Morgan fingerprint density at radius 3 is 2.50 bits per heavy atom. The molecule has 1 N–H and O–H groups in total. The van der Waals surface area contributed by atoms with Gasteiger partial charge in [0, 0.05) is 6.54 Å². The summed E-state index contributed by atoms with van der Waals surface area (Å²) in [7, 11) is 0. The molecule has 0 saturated carbocycles. The number of carbonyl (C=O) groups excluding carboxylic acids is 1. The first-order chi connectivity index (χ1) is 8.30. The van der Waals surface area contributed by atoms with Crippen LogP contribution in [0.2, 0.25) is 5.15 Å². The summed E-state index contributed by atoms with van der Waals surface area (Å²) >= 11 is 5.72. The quantitative estimate of drug-likeness (QED) is 0.850. The molecule has 0 unspecified atom stereocenters. The predicted molar refractivity (Wildman–Crippen MR) is 67.7 cm³/mol. The second-order valence-electron chi connectivity index (χ2n) is 4.26. The Hall–Kier alpha value is -1.62. The summed E-state index contributed by atoms with van der Waals surface area (Å²) in [4.78, 5) is 28.5. The van der Waals surface area contributed by atoms with Crippen molar-refractivity contribution >= 4 is 23.5 Å². The number of hydrogen-bond acceptors (Lipinski definition) is 3. The van der Waals surface area contributed by atoms with E-state index in [1.807, 2.05) is 0 Å². The van der Waals surface area contributed by atoms with Crippen molar-refractivity contribution in [2.24, 2.45) is 0 Å². The second-order valence-corrected chi connectivity index (χ2v) is 4.65. The molecular weight excluding hydrogens is 256 g/mol. The van der Waals surface area contributed by atoms with E-state index >= 15 is 0 Å². The van der Waals surface area contributed by atoms with Crippen molar-refractivity contribution in [1.29, 1.82) is 0 Å². The minimum absolute atomic E-state index is 0.138. The van der Waals surface area contributed by atoms with Gasteiger partial charge in [-0.15, -0.1) is 0 Å². The zero-order chi connectivity index (χ0) is 13.9. The summed E-state index contributed by atoms with van der Waals surface area (Å²) < 4.78 is 0. The fourth-order valence-corrected chi connectivity index (χ4v) is 1.74. The van der Waals surface area contributed by atoms with Gasteiger partial charge in [0.25, 0.3) is 5.91 Å². The standard InChI is InChI=1S/C12H15ClN2O3/c1-4-15(12(2,3)11(17)18)10(16)8-6-5-7-9(13)14-8/h5-7H,4H2,1-3H3,(H,17,18). The van der Waals surface area contributed by atoms with E-state index in [-0.39, 0.29) is 17.4 Å². The number of rotatable bonds is 4. The molecule has 1 amide bonds. The molecule has 18 heavy (non-hydrogen) atoms. The molecule has 1 rings (SSSR count). The van der Waals surface area contributed by atoms with Crippen molar-refractivity contribution in [3.63, 3.8) is 0 Å². The van der Waals surface area contributed by atoms with Crippen molar-refractivity contribution in [3.8, 4) is 0 Å². The van der Waals surface area contributed by atoms with Crippen LogP contribution in [-0.2, 0) is 4.79 Å². The Balaban J connectivity index is 3.11. The van der Waals surface area contributed by atoms with Crippen molar-refractivity contribution < 1.29 is 14.7 Å². The summed E-state index contributed by atoms with van der Waals surface area (Å²) in [6, 6.07) is 4.66. The summed E-state index contributed by atoms with van der Waals surface area (Å²) in [6.45, 7) is 4.93. The van der Waals surface area contributed by atoms with Crippen LogP contribution < -0.4 is 0 Å². The van der Waals surface area contributed by atoms with Crippen LogP contribution in [0.5, 0.6) is 0 Å². The Labute approximate surface area is 110 Å². The van der Waals surface area contributed by atoms with Gasteiger partial charge < -0.3 is 10.0 Å². The number of carboxylic acids is 1. The highest BCUT2D eigenvalue weighted by molar-refractivity contribution is 6.29. The van der Waals surface area contributed by atoms with E-state index in [2.05, 4.69) is 4.98 Å². The normalized spacial score (nSPS) is 11.1. The van der Waals surface area contributed by atoms with Crippen LogP contribution in [0.1, 0.15) is 31.3 Å². The molecule has 0 atom stereocenters. The molecule has 1 aromatic heterocycles. The van der Waals surface area contributed by atoms with Gasteiger partial charge in [0.2, 0.25) is 0 Å². The third kappa shape index (κ3) is 2.79. The van der Waals surface area contributed by atoms with Gasteiger partial charge in [0.15, 0.2) is 0 Å². The van der Waals surface area contributed by atoms with Crippen molar-refractivity contribution in [3.05, 3.63) is 29.0 Å². The molecule has 0 aromatic carbocycles. The van der Waals surface area contributed by atoms with E-state index < -0.39 is 17.4 Å². The van der Waals surface area contributed by atoms with Crippen LogP contribution in [0.3, 0.4) is 0 Å². The smallest absolute Gasteiger partial charge is 0.329 e. The van der Waals surface area contributed by atoms with E-state index in [0.29, 0.717) is 0 Å². The first-order valence-corrected chi connectivity index (χ1v) is 5.86. The van der Waals surface area contributed by atoms with E-state index in [1.54, 1.807) is 19.1 Å². The maximum Gasteiger partial charge on any atom is 0.329 e. The minimum Gasteiger partial charge on any atom is -0.480 e. The van der Waals surface area contributed by atoms with Gasteiger partial charge in [-0.3, -0.25) is 4.79 Å². The highest BCUT2D eigenvalue weighted by atomic mass is 35.5. The monoisotopic (exact) mass is 270 g/mol. The number of aliphatic carboxylic acids is 1. The van der Waals surface area contributed by atoms with Crippen molar-refractivity contribution in [2.75, 3.05) is 6.54 Å². The SMILES string of the molecule is CCN(C(=O)c1cccc(Cl)n1)C(C)(C)C(=O)O. The van der Waals surface area contributed by atoms with E-state index in [1.165, 1.54) is 24.8 Å². The van der Waals surface area contributed by atoms with Gasteiger partial charge in [-0.25, -0.2) is 9.78 Å². The molecule has 1 heterocycles. The molecule has 0 bridgehead atoms. The average molecular weight is 271 g/mol. The van der Waals surface area contributed by atoms with Crippen LogP contribution in [0, 0.1) is 0 Å². The van der Waals surface area contributed by atoms with Crippen LogP contribution in [-0.4, -0.2) is 39.0 Å². The zero-order valence-electron chi connectivity index (χ0n) is 10.5. The highest BCUT2D eigenvalue weighted by Gasteiger charge is 2.37.